The lowest BCUT2D eigenvalue weighted by atomic mass is 9.95. The van der Waals surface area contributed by atoms with Crippen LogP contribution in [0, 0.1) is 0 Å². The molecule has 349 valence electrons. The molecule has 0 aromatic carbocycles. The number of phosphoric acid groups is 1. The van der Waals surface area contributed by atoms with Crippen LogP contribution in [0.2, 0.25) is 0 Å². The van der Waals surface area contributed by atoms with Gasteiger partial charge in [0.15, 0.2) is 6.10 Å². The first-order chi connectivity index (χ1) is 28.1. The highest BCUT2D eigenvalue weighted by Gasteiger charge is 2.51. The topological polar surface area (TPSA) is 141 Å². The summed E-state index contributed by atoms with van der Waals surface area (Å²) < 4.78 is 40.5. The second-order valence-electron chi connectivity index (χ2n) is 18.9. The standard InChI is InChI=1S/C46H90N2O10P/c1-8-10-12-13-14-15-16-17-18-21-24-27-30-33-43(49)54-39-42(40-57-59(52,53)56-38-37-48(5,6)7)58-44(50)34-31-28-25-22-19-20-23-26-29-32-36-46(35-11-9-2)47(51)45(3,4)41-55-46/h42H,8-41H2,1-7H3/p+1/t42-,46?/m0/s1. The fourth-order valence-corrected chi connectivity index (χ4v) is 8.28. The first kappa shape index (κ1) is 55.9. The van der Waals surface area contributed by atoms with E-state index in [1.54, 1.807) is 0 Å². The molecule has 1 heterocycles. The first-order valence-corrected chi connectivity index (χ1v) is 25.4. The Morgan fingerprint density at radius 2 is 1.10 bits per heavy atom. The monoisotopic (exact) mass is 863 g/mol. The van der Waals surface area contributed by atoms with E-state index >= 15 is 0 Å². The second kappa shape index (κ2) is 32.5. The molecule has 1 N–H and O–H groups in total. The number of rotatable bonds is 40. The van der Waals surface area contributed by atoms with Crippen LogP contribution in [0.1, 0.15) is 214 Å². The normalized spacial score (nSPS) is 18.5. The van der Waals surface area contributed by atoms with Crippen LogP contribution in [0.25, 0.3) is 0 Å². The smallest absolute Gasteiger partial charge is 0.462 e. The maximum absolute atomic E-state index is 13.0. The number of esters is 2. The van der Waals surface area contributed by atoms with Gasteiger partial charge in [-0.05, 0) is 52.4 Å². The van der Waals surface area contributed by atoms with E-state index < -0.39 is 37.8 Å². The summed E-state index contributed by atoms with van der Waals surface area (Å²) in [4.78, 5) is 35.5. The minimum absolute atomic E-state index is 0.0205. The molecule has 1 aliphatic rings. The molecule has 2 unspecified atom stereocenters. The van der Waals surface area contributed by atoms with E-state index in [1.165, 1.54) is 82.1 Å². The molecule has 0 spiro atoms. The fraction of sp³-hybridized carbons (Fsp3) is 0.957. The third kappa shape index (κ3) is 29.0. The summed E-state index contributed by atoms with van der Waals surface area (Å²) >= 11 is 0. The quantitative estimate of drug-likeness (QED) is 0.0274. The van der Waals surface area contributed by atoms with Gasteiger partial charge in [0.2, 0.25) is 0 Å². The maximum atomic E-state index is 13.0. The van der Waals surface area contributed by atoms with E-state index in [0.717, 1.165) is 89.9 Å². The molecule has 0 aromatic heterocycles. The van der Waals surface area contributed by atoms with E-state index in [1.807, 2.05) is 35.0 Å². The SMILES string of the molecule is CCCCCCCCCCCCCCCC(=O)OC[C@@H](COP(=O)(O)OCC[N+](C)(C)C)OC(=O)CCCCCCCCCCCCC1(CCCC)OCC(C)(C)N1[O]. The van der Waals surface area contributed by atoms with Crippen molar-refractivity contribution in [2.24, 2.45) is 0 Å². The van der Waals surface area contributed by atoms with Crippen molar-refractivity contribution in [3.05, 3.63) is 0 Å². The number of hydroxylamine groups is 2. The Labute approximate surface area is 361 Å². The summed E-state index contributed by atoms with van der Waals surface area (Å²) in [6, 6.07) is 0. The Bertz CT molecular complexity index is 1120. The molecule has 1 fully saturated rings. The van der Waals surface area contributed by atoms with Gasteiger partial charge in [0.1, 0.15) is 25.5 Å². The van der Waals surface area contributed by atoms with E-state index in [9.17, 15) is 24.3 Å². The van der Waals surface area contributed by atoms with Gasteiger partial charge in [0.05, 0.1) is 39.9 Å². The van der Waals surface area contributed by atoms with Crippen LogP contribution in [-0.4, -0.2) is 97.9 Å². The van der Waals surface area contributed by atoms with E-state index in [0.29, 0.717) is 24.1 Å². The van der Waals surface area contributed by atoms with Gasteiger partial charge < -0.3 is 23.6 Å². The molecule has 3 atom stereocenters. The number of hydrogen-bond donors (Lipinski definition) is 1. The maximum Gasteiger partial charge on any atom is 0.472 e. The molecule has 12 nitrogen and oxygen atoms in total. The molecular weight excluding hydrogens is 771 g/mol. The van der Waals surface area contributed by atoms with Crippen LogP contribution in [-0.2, 0) is 42.6 Å². The molecule has 0 aliphatic carbocycles. The number of nitrogens with zero attached hydrogens (tertiary/aromatic N) is 2. The van der Waals surface area contributed by atoms with Crippen LogP contribution in [0.15, 0.2) is 0 Å². The predicted octanol–water partition coefficient (Wildman–Crippen LogP) is 11.8. The van der Waals surface area contributed by atoms with Gasteiger partial charge >= 0.3 is 19.8 Å². The zero-order valence-corrected chi connectivity index (χ0v) is 40.0. The zero-order chi connectivity index (χ0) is 43.9. The molecule has 0 amide bonds. The molecule has 1 radical (unpaired) electrons. The van der Waals surface area contributed by atoms with Gasteiger partial charge in [0, 0.05) is 12.8 Å². The Hall–Kier alpha value is -1.11. The lowest BCUT2D eigenvalue weighted by Crippen LogP contribution is -2.49. The summed E-state index contributed by atoms with van der Waals surface area (Å²) in [5.74, 6) is -0.831. The van der Waals surface area contributed by atoms with E-state index in [-0.39, 0.29) is 32.0 Å². The number of hydrogen-bond acceptors (Lipinski definition) is 9. The Kier molecular flexibility index (Phi) is 30.8. The van der Waals surface area contributed by atoms with Crippen LogP contribution < -0.4 is 0 Å². The van der Waals surface area contributed by atoms with Gasteiger partial charge in [-0.15, -0.1) is 10.3 Å². The van der Waals surface area contributed by atoms with Gasteiger partial charge in [-0.25, -0.2) is 4.57 Å². The summed E-state index contributed by atoms with van der Waals surface area (Å²) in [7, 11) is 1.44. The van der Waals surface area contributed by atoms with Crippen molar-refractivity contribution < 1.29 is 52.0 Å². The third-order valence-electron chi connectivity index (χ3n) is 11.4. The Balaban J connectivity index is 2.32. The van der Waals surface area contributed by atoms with Crippen molar-refractivity contribution in [2.75, 3.05) is 54.1 Å². The lowest BCUT2D eigenvalue weighted by molar-refractivity contribution is -0.870. The zero-order valence-electron chi connectivity index (χ0n) is 39.1. The number of quaternary nitrogens is 1. The van der Waals surface area contributed by atoms with Gasteiger partial charge in [-0.2, -0.15) is 0 Å². The van der Waals surface area contributed by atoms with Crippen LogP contribution in [0.5, 0.6) is 0 Å². The van der Waals surface area contributed by atoms with Crippen LogP contribution >= 0.6 is 7.82 Å². The number of phosphoric ester groups is 1. The summed E-state index contributed by atoms with van der Waals surface area (Å²) in [5, 5.41) is 14.3. The first-order valence-electron chi connectivity index (χ1n) is 23.9. The van der Waals surface area contributed by atoms with Crippen molar-refractivity contribution in [2.45, 2.75) is 231 Å². The van der Waals surface area contributed by atoms with Crippen LogP contribution in [0.3, 0.4) is 0 Å². The molecule has 0 bridgehead atoms. The van der Waals surface area contributed by atoms with Crippen molar-refractivity contribution >= 4 is 19.8 Å². The molecule has 59 heavy (non-hydrogen) atoms. The third-order valence-corrected chi connectivity index (χ3v) is 12.4. The molecule has 1 saturated heterocycles. The number of likely N-dealkylation sites (N-methyl/N-ethyl adjacent to an activating group) is 1. The van der Waals surface area contributed by atoms with Crippen molar-refractivity contribution in [1.82, 2.24) is 5.06 Å². The highest BCUT2D eigenvalue weighted by atomic mass is 31.2. The van der Waals surface area contributed by atoms with Crippen LogP contribution in [0.4, 0.5) is 0 Å². The second-order valence-corrected chi connectivity index (χ2v) is 20.3. The minimum atomic E-state index is -4.39. The highest BCUT2D eigenvalue weighted by Crippen LogP contribution is 2.43. The Morgan fingerprint density at radius 1 is 0.661 bits per heavy atom. The van der Waals surface area contributed by atoms with Crippen molar-refractivity contribution in [1.29, 1.82) is 0 Å². The van der Waals surface area contributed by atoms with E-state index in [2.05, 4.69) is 13.8 Å². The highest BCUT2D eigenvalue weighted by molar-refractivity contribution is 7.47. The average Bonchev–Trinajstić information content (AvgIpc) is 3.40. The summed E-state index contributed by atoms with van der Waals surface area (Å²) in [5.41, 5.74) is -1.11. The fourth-order valence-electron chi connectivity index (χ4n) is 7.54. The molecule has 0 saturated carbocycles. The molecule has 0 aromatic rings. The van der Waals surface area contributed by atoms with Gasteiger partial charge in [-0.1, -0.05) is 149 Å². The number of ether oxygens (including phenoxy) is 3. The molecule has 1 aliphatic heterocycles. The summed E-state index contributed by atoms with van der Waals surface area (Å²) in [6.07, 6.45) is 29.5. The molecular formula is C46H91N2O10P+. The van der Waals surface area contributed by atoms with Gasteiger partial charge in [0.25, 0.3) is 0 Å². The predicted molar refractivity (Wildman–Crippen MR) is 236 cm³/mol. The minimum Gasteiger partial charge on any atom is -0.462 e. The largest absolute Gasteiger partial charge is 0.472 e. The summed E-state index contributed by atoms with van der Waals surface area (Å²) in [6.45, 7) is 8.70. The molecule has 13 heteroatoms. The van der Waals surface area contributed by atoms with E-state index in [4.69, 9.17) is 23.3 Å². The van der Waals surface area contributed by atoms with Crippen molar-refractivity contribution in [3.8, 4) is 0 Å². The number of unbranched alkanes of at least 4 members (excludes halogenated alkanes) is 22. The molecule has 1 rings (SSSR count). The number of carbonyl (C=O) groups is 2. The Morgan fingerprint density at radius 3 is 1.56 bits per heavy atom. The van der Waals surface area contributed by atoms with Gasteiger partial charge in [-0.3, -0.25) is 18.6 Å². The van der Waals surface area contributed by atoms with Crippen molar-refractivity contribution in [3.63, 3.8) is 0 Å². The average molecular weight is 863 g/mol. The number of carbonyl (C=O) groups excluding carboxylic acids is 2. The lowest BCUT2D eigenvalue weighted by Gasteiger charge is -2.35.